The normalized spacial score (nSPS) is 12.2. The van der Waals surface area contributed by atoms with Gasteiger partial charge in [0.15, 0.2) is 0 Å². The lowest BCUT2D eigenvalue weighted by molar-refractivity contribution is -0.385. The van der Waals surface area contributed by atoms with Crippen LogP contribution in [0.1, 0.15) is 5.56 Å². The molecule has 0 aromatic heterocycles. The molecule has 1 aromatic carbocycles. The van der Waals surface area contributed by atoms with Crippen LogP contribution in [0.2, 0.25) is 0 Å². The predicted octanol–water partition coefficient (Wildman–Crippen LogP) is 0.700. The molecule has 106 valence electrons. The van der Waals surface area contributed by atoms with E-state index in [0.29, 0.717) is 18.8 Å². The van der Waals surface area contributed by atoms with E-state index in [1.54, 1.807) is 6.07 Å². The number of hydrogen-bond acceptors (Lipinski definition) is 6. The minimum atomic E-state index is -0.606. The van der Waals surface area contributed by atoms with Crippen molar-refractivity contribution in [1.82, 2.24) is 5.32 Å². The predicted molar refractivity (Wildman–Crippen MR) is 69.2 cm³/mol. The minimum absolute atomic E-state index is 0.0198. The molecule has 2 N–H and O–H groups in total. The first-order chi connectivity index (χ1) is 9.06. The Bertz CT molecular complexity index is 425. The molecule has 0 bridgehead atoms. The van der Waals surface area contributed by atoms with Gasteiger partial charge in [-0.15, -0.1) is 0 Å². The van der Waals surface area contributed by atoms with E-state index in [1.807, 2.05) is 0 Å². The van der Waals surface area contributed by atoms with Crippen LogP contribution in [-0.2, 0) is 11.3 Å². The highest BCUT2D eigenvalue weighted by atomic mass is 16.6. The lowest BCUT2D eigenvalue weighted by atomic mass is 10.2. The monoisotopic (exact) mass is 270 g/mol. The molecule has 0 aliphatic heterocycles. The zero-order chi connectivity index (χ0) is 14.3. The van der Waals surface area contributed by atoms with Gasteiger partial charge in [0.1, 0.15) is 5.75 Å². The number of nitrogens with zero attached hydrogens (tertiary/aromatic N) is 1. The molecule has 0 spiro atoms. The molecule has 0 radical (unpaired) electrons. The fourth-order valence-electron chi connectivity index (χ4n) is 1.60. The van der Waals surface area contributed by atoms with Gasteiger partial charge in [-0.2, -0.15) is 0 Å². The summed E-state index contributed by atoms with van der Waals surface area (Å²) in [5.41, 5.74) is 0.698. The Balaban J connectivity index is 2.62. The highest BCUT2D eigenvalue weighted by Crippen LogP contribution is 2.22. The number of benzene rings is 1. The van der Waals surface area contributed by atoms with Crippen molar-refractivity contribution in [3.63, 3.8) is 0 Å². The maximum Gasteiger partial charge on any atom is 0.273 e. The first kappa shape index (κ1) is 15.4. The topological polar surface area (TPSA) is 93.9 Å². The summed E-state index contributed by atoms with van der Waals surface area (Å²) >= 11 is 0. The van der Waals surface area contributed by atoms with Crippen LogP contribution in [-0.4, -0.2) is 43.5 Å². The van der Waals surface area contributed by atoms with Crippen molar-refractivity contribution in [3.8, 4) is 5.75 Å². The smallest absolute Gasteiger partial charge is 0.273 e. The van der Waals surface area contributed by atoms with Gasteiger partial charge in [0.25, 0.3) is 5.69 Å². The number of methoxy groups -OCH3 is 2. The maximum atomic E-state index is 10.8. The molecule has 0 fully saturated rings. The Morgan fingerprint density at radius 3 is 2.74 bits per heavy atom. The lowest BCUT2D eigenvalue weighted by Gasteiger charge is -2.11. The summed E-state index contributed by atoms with van der Waals surface area (Å²) in [5, 5.41) is 23.2. The highest BCUT2D eigenvalue weighted by molar-refractivity contribution is 5.42. The van der Waals surface area contributed by atoms with Crippen molar-refractivity contribution in [3.05, 3.63) is 33.9 Å². The summed E-state index contributed by atoms with van der Waals surface area (Å²) in [5.74, 6) is 0.434. The maximum absolute atomic E-state index is 10.8. The van der Waals surface area contributed by atoms with Crippen molar-refractivity contribution >= 4 is 5.69 Å². The molecule has 0 aliphatic carbocycles. The molecule has 0 heterocycles. The summed E-state index contributed by atoms with van der Waals surface area (Å²) in [6.45, 7) is 0.989. The van der Waals surface area contributed by atoms with Crippen LogP contribution in [0.15, 0.2) is 18.2 Å². The van der Waals surface area contributed by atoms with Crippen LogP contribution >= 0.6 is 0 Å². The van der Waals surface area contributed by atoms with E-state index in [-0.39, 0.29) is 12.3 Å². The van der Waals surface area contributed by atoms with Gasteiger partial charge in [0, 0.05) is 26.3 Å². The minimum Gasteiger partial charge on any atom is -0.496 e. The van der Waals surface area contributed by atoms with Gasteiger partial charge in [0.05, 0.1) is 30.8 Å². The van der Waals surface area contributed by atoms with Crippen molar-refractivity contribution in [1.29, 1.82) is 0 Å². The van der Waals surface area contributed by atoms with Gasteiger partial charge in [-0.25, -0.2) is 0 Å². The van der Waals surface area contributed by atoms with E-state index in [1.165, 1.54) is 26.4 Å². The SMILES string of the molecule is COCC(O)CNCc1cc(OC)cc([N+](=O)[O-])c1. The van der Waals surface area contributed by atoms with Crippen molar-refractivity contribution < 1.29 is 19.5 Å². The summed E-state index contributed by atoms with van der Waals surface area (Å²) in [6, 6.07) is 4.55. The Kier molecular flexibility index (Phi) is 6.20. The second kappa shape index (κ2) is 7.67. The molecule has 19 heavy (non-hydrogen) atoms. The number of hydrogen-bond donors (Lipinski definition) is 2. The molecular weight excluding hydrogens is 252 g/mol. The van der Waals surface area contributed by atoms with Gasteiger partial charge in [-0.1, -0.05) is 0 Å². The van der Waals surface area contributed by atoms with E-state index in [9.17, 15) is 15.2 Å². The van der Waals surface area contributed by atoms with Crippen molar-refractivity contribution in [2.75, 3.05) is 27.4 Å². The van der Waals surface area contributed by atoms with Crippen LogP contribution in [0.4, 0.5) is 5.69 Å². The average Bonchev–Trinajstić information content (AvgIpc) is 2.38. The molecule has 1 aromatic rings. The number of nitrogens with one attached hydrogen (secondary N) is 1. The number of nitro benzene ring substituents is 1. The van der Waals surface area contributed by atoms with Gasteiger partial charge in [-0.3, -0.25) is 10.1 Å². The van der Waals surface area contributed by atoms with E-state index >= 15 is 0 Å². The molecule has 1 rings (SSSR count). The Labute approximate surface area is 111 Å². The first-order valence-electron chi connectivity index (χ1n) is 5.77. The molecule has 1 atom stereocenters. The average molecular weight is 270 g/mol. The summed E-state index contributed by atoms with van der Waals surface area (Å²) < 4.78 is 9.80. The van der Waals surface area contributed by atoms with Crippen LogP contribution in [0.25, 0.3) is 0 Å². The molecule has 0 saturated carbocycles. The second-order valence-electron chi connectivity index (χ2n) is 4.04. The van der Waals surface area contributed by atoms with Gasteiger partial charge < -0.3 is 19.9 Å². The Hall–Kier alpha value is -1.70. The van der Waals surface area contributed by atoms with Crippen LogP contribution in [0.3, 0.4) is 0 Å². The fraction of sp³-hybridized carbons (Fsp3) is 0.500. The van der Waals surface area contributed by atoms with E-state index in [0.717, 1.165) is 5.56 Å². The Morgan fingerprint density at radius 1 is 1.42 bits per heavy atom. The number of nitro groups is 1. The number of non-ortho nitro benzene ring substituents is 1. The van der Waals surface area contributed by atoms with Crippen LogP contribution in [0, 0.1) is 10.1 Å². The van der Waals surface area contributed by atoms with E-state index in [2.05, 4.69) is 5.32 Å². The third-order valence-electron chi connectivity index (χ3n) is 2.47. The molecule has 0 aliphatic rings. The largest absolute Gasteiger partial charge is 0.496 e. The number of rotatable bonds is 8. The van der Waals surface area contributed by atoms with Gasteiger partial charge >= 0.3 is 0 Å². The second-order valence-corrected chi connectivity index (χ2v) is 4.04. The molecule has 0 amide bonds. The molecule has 0 saturated heterocycles. The van der Waals surface area contributed by atoms with Crippen molar-refractivity contribution in [2.24, 2.45) is 0 Å². The highest BCUT2D eigenvalue weighted by Gasteiger charge is 2.10. The van der Waals surface area contributed by atoms with E-state index in [4.69, 9.17) is 9.47 Å². The van der Waals surface area contributed by atoms with Crippen LogP contribution in [0.5, 0.6) is 5.75 Å². The summed E-state index contributed by atoms with van der Waals surface area (Å²) in [6.07, 6.45) is -0.606. The zero-order valence-electron chi connectivity index (χ0n) is 11.0. The standard InChI is InChI=1S/C12H18N2O5/c1-18-8-11(15)7-13-6-9-3-10(14(16)17)5-12(4-9)19-2/h3-5,11,13,15H,6-8H2,1-2H3. The number of aliphatic hydroxyl groups is 1. The third kappa shape index (κ3) is 5.21. The fourth-order valence-corrected chi connectivity index (χ4v) is 1.60. The van der Waals surface area contributed by atoms with Crippen LogP contribution < -0.4 is 10.1 Å². The first-order valence-corrected chi connectivity index (χ1v) is 5.77. The quantitative estimate of drug-likeness (QED) is 0.533. The van der Waals surface area contributed by atoms with Gasteiger partial charge in [0.2, 0.25) is 0 Å². The number of aliphatic hydroxyl groups excluding tert-OH is 1. The molecular formula is C12H18N2O5. The molecule has 7 nitrogen and oxygen atoms in total. The summed E-state index contributed by atoms with van der Waals surface area (Å²) in [7, 11) is 2.97. The summed E-state index contributed by atoms with van der Waals surface area (Å²) in [4.78, 5) is 10.3. The number of ether oxygens (including phenoxy) is 2. The Morgan fingerprint density at radius 2 is 2.16 bits per heavy atom. The van der Waals surface area contributed by atoms with E-state index < -0.39 is 11.0 Å². The van der Waals surface area contributed by atoms with Gasteiger partial charge in [-0.05, 0) is 11.6 Å². The zero-order valence-corrected chi connectivity index (χ0v) is 11.0. The van der Waals surface area contributed by atoms with Crippen molar-refractivity contribution in [2.45, 2.75) is 12.6 Å². The molecule has 1 unspecified atom stereocenters. The lowest BCUT2D eigenvalue weighted by Crippen LogP contribution is -2.29. The third-order valence-corrected chi connectivity index (χ3v) is 2.47. The molecule has 7 heteroatoms.